The number of nitrogens with one attached hydrogen (secondary N) is 1. The summed E-state index contributed by atoms with van der Waals surface area (Å²) < 4.78 is 17.8. The van der Waals surface area contributed by atoms with Crippen LogP contribution in [0.4, 0.5) is 5.00 Å². The van der Waals surface area contributed by atoms with Crippen LogP contribution < -0.4 is 10.1 Å². The van der Waals surface area contributed by atoms with Gasteiger partial charge < -0.3 is 19.5 Å². The number of amides is 1. The van der Waals surface area contributed by atoms with E-state index in [1.807, 2.05) is 35.8 Å². The van der Waals surface area contributed by atoms with Gasteiger partial charge in [0.15, 0.2) is 11.0 Å². The fourth-order valence-electron chi connectivity index (χ4n) is 3.56. The van der Waals surface area contributed by atoms with Crippen LogP contribution in [0.3, 0.4) is 0 Å². The van der Waals surface area contributed by atoms with Crippen molar-refractivity contribution in [1.29, 1.82) is 0 Å². The van der Waals surface area contributed by atoms with E-state index in [2.05, 4.69) is 22.1 Å². The number of carbonyl (C=O) groups is 3. The maximum absolute atomic E-state index is 12.9. The Labute approximate surface area is 229 Å². The Balaban J connectivity index is 1.83. The van der Waals surface area contributed by atoms with E-state index in [4.69, 9.17) is 14.2 Å². The lowest BCUT2D eigenvalue weighted by Gasteiger charge is -2.11. The van der Waals surface area contributed by atoms with Gasteiger partial charge in [-0.1, -0.05) is 30.0 Å². The molecule has 0 aliphatic carbocycles. The average molecular weight is 559 g/mol. The zero-order valence-electron chi connectivity index (χ0n) is 21.7. The number of anilines is 1. The third-order valence-corrected chi connectivity index (χ3v) is 7.28. The van der Waals surface area contributed by atoms with Crippen LogP contribution in [0.1, 0.15) is 46.4 Å². The van der Waals surface area contributed by atoms with Crippen LogP contribution in [-0.4, -0.2) is 58.2 Å². The van der Waals surface area contributed by atoms with Gasteiger partial charge in [0.25, 0.3) is 0 Å². The molecule has 3 rings (SSSR count). The third kappa shape index (κ3) is 6.62. The molecule has 0 spiro atoms. The number of ether oxygens (including phenoxy) is 3. The Kier molecular flexibility index (Phi) is 10.5. The normalized spacial score (nSPS) is 10.6. The summed E-state index contributed by atoms with van der Waals surface area (Å²) >= 11 is 2.16. The van der Waals surface area contributed by atoms with Crippen molar-refractivity contribution in [3.8, 4) is 17.1 Å². The van der Waals surface area contributed by atoms with Crippen LogP contribution in [0.2, 0.25) is 0 Å². The van der Waals surface area contributed by atoms with Crippen molar-refractivity contribution in [3.05, 3.63) is 52.9 Å². The van der Waals surface area contributed by atoms with Crippen molar-refractivity contribution in [2.45, 2.75) is 39.4 Å². The molecule has 0 fully saturated rings. The lowest BCUT2D eigenvalue weighted by Crippen LogP contribution is -2.17. The number of carbonyl (C=O) groups excluding carboxylic acids is 3. The van der Waals surface area contributed by atoms with Crippen LogP contribution in [0.15, 0.2) is 42.1 Å². The minimum atomic E-state index is -0.622. The first-order valence-corrected chi connectivity index (χ1v) is 13.8. The average Bonchev–Trinajstić information content (AvgIpc) is 3.44. The maximum atomic E-state index is 12.9. The summed E-state index contributed by atoms with van der Waals surface area (Å²) in [5.74, 6) is -0.318. The number of para-hydroxylation sites is 1. The Morgan fingerprint density at radius 2 is 1.79 bits per heavy atom. The van der Waals surface area contributed by atoms with E-state index >= 15 is 0 Å². The fraction of sp³-hybridized carbons (Fsp3) is 0.346. The molecule has 2 aromatic heterocycles. The predicted molar refractivity (Wildman–Crippen MR) is 147 cm³/mol. The Morgan fingerprint density at radius 1 is 1.08 bits per heavy atom. The molecular weight excluding hydrogens is 528 g/mol. The van der Waals surface area contributed by atoms with Crippen LogP contribution in [0.5, 0.6) is 5.75 Å². The highest BCUT2D eigenvalue weighted by molar-refractivity contribution is 7.99. The van der Waals surface area contributed by atoms with E-state index in [1.54, 1.807) is 26.8 Å². The summed E-state index contributed by atoms with van der Waals surface area (Å²) in [5.41, 5.74) is 1.32. The lowest BCUT2D eigenvalue weighted by molar-refractivity contribution is -0.113. The number of aromatic nitrogens is 3. The van der Waals surface area contributed by atoms with E-state index in [9.17, 15) is 14.4 Å². The molecular formula is C26H30N4O6S2. The summed E-state index contributed by atoms with van der Waals surface area (Å²) in [6, 6.07) is 7.53. The summed E-state index contributed by atoms with van der Waals surface area (Å²) in [6.45, 7) is 12.0. The van der Waals surface area contributed by atoms with E-state index in [1.165, 1.54) is 11.8 Å². The molecule has 10 nitrogen and oxygen atoms in total. The number of allylic oxidation sites excluding steroid dienone is 1. The van der Waals surface area contributed by atoms with Gasteiger partial charge in [-0.3, -0.25) is 9.36 Å². The second kappa shape index (κ2) is 13.8. The zero-order chi connectivity index (χ0) is 27.7. The van der Waals surface area contributed by atoms with Crippen molar-refractivity contribution < 1.29 is 28.6 Å². The summed E-state index contributed by atoms with van der Waals surface area (Å²) in [6.07, 6.45) is 1.72. The van der Waals surface area contributed by atoms with Crippen molar-refractivity contribution in [2.75, 3.05) is 30.9 Å². The number of hydrogen-bond acceptors (Lipinski definition) is 10. The van der Waals surface area contributed by atoms with Crippen LogP contribution >= 0.6 is 23.1 Å². The monoisotopic (exact) mass is 558 g/mol. The molecule has 3 aromatic rings. The summed E-state index contributed by atoms with van der Waals surface area (Å²) in [7, 11) is 0. The van der Waals surface area contributed by atoms with Gasteiger partial charge in [-0.25, -0.2) is 9.59 Å². The SMILES string of the molecule is C=CCn1c(SCC(=O)Nc2sc(C(=O)OCC)c(C)c2C(=O)OCC)nnc1-c1ccccc1OCC. The molecule has 12 heteroatoms. The third-order valence-electron chi connectivity index (χ3n) is 5.13. The molecule has 38 heavy (non-hydrogen) atoms. The molecule has 0 unspecified atom stereocenters. The van der Waals surface area contributed by atoms with Crippen molar-refractivity contribution in [3.63, 3.8) is 0 Å². The van der Waals surface area contributed by atoms with Crippen LogP contribution in [0, 0.1) is 6.92 Å². The Morgan fingerprint density at radius 3 is 2.47 bits per heavy atom. The van der Waals surface area contributed by atoms with Crippen LogP contribution in [-0.2, 0) is 20.8 Å². The molecule has 1 N–H and O–H groups in total. The van der Waals surface area contributed by atoms with E-state index in [0.717, 1.165) is 16.9 Å². The van der Waals surface area contributed by atoms with Gasteiger partial charge in [-0.05, 0) is 45.4 Å². The second-order valence-corrected chi connectivity index (χ2v) is 9.64. The molecule has 0 saturated heterocycles. The van der Waals surface area contributed by atoms with Crippen molar-refractivity contribution in [1.82, 2.24) is 14.8 Å². The molecule has 1 amide bonds. The van der Waals surface area contributed by atoms with Crippen molar-refractivity contribution in [2.24, 2.45) is 0 Å². The highest BCUT2D eigenvalue weighted by Gasteiger charge is 2.27. The van der Waals surface area contributed by atoms with E-state index in [0.29, 0.717) is 35.4 Å². The summed E-state index contributed by atoms with van der Waals surface area (Å²) in [4.78, 5) is 38.1. The molecule has 0 radical (unpaired) electrons. The number of esters is 2. The lowest BCUT2D eigenvalue weighted by atomic mass is 10.1. The molecule has 2 heterocycles. The highest BCUT2D eigenvalue weighted by Crippen LogP contribution is 2.35. The topological polar surface area (TPSA) is 122 Å². The standard InChI is InChI=1S/C26H30N4O6S2/c1-6-14-30-22(17-12-10-11-13-18(17)34-7-2)28-29-26(30)37-15-19(31)27-23-20(24(32)35-8-3)16(5)21(38-23)25(33)36-9-4/h6,10-13H,1,7-9,14-15H2,2-5H3,(H,27,31). The Hall–Kier alpha value is -3.64. The van der Waals surface area contributed by atoms with Gasteiger partial charge in [-0.2, -0.15) is 0 Å². The van der Waals surface area contributed by atoms with Gasteiger partial charge in [-0.15, -0.1) is 28.1 Å². The summed E-state index contributed by atoms with van der Waals surface area (Å²) in [5, 5.41) is 12.1. The van der Waals surface area contributed by atoms with Gasteiger partial charge in [0, 0.05) is 6.54 Å². The number of thioether (sulfide) groups is 1. The Bertz CT molecular complexity index is 1320. The molecule has 0 atom stereocenters. The molecule has 0 saturated carbocycles. The number of rotatable bonds is 13. The van der Waals surface area contributed by atoms with Gasteiger partial charge >= 0.3 is 11.9 Å². The van der Waals surface area contributed by atoms with E-state index < -0.39 is 11.9 Å². The van der Waals surface area contributed by atoms with E-state index in [-0.39, 0.29) is 40.3 Å². The molecule has 0 bridgehead atoms. The minimum absolute atomic E-state index is 0.0175. The second-order valence-electron chi connectivity index (χ2n) is 7.67. The van der Waals surface area contributed by atoms with Crippen molar-refractivity contribution >= 4 is 45.9 Å². The van der Waals surface area contributed by atoms with Crippen LogP contribution in [0.25, 0.3) is 11.4 Å². The molecule has 1 aromatic carbocycles. The minimum Gasteiger partial charge on any atom is -0.493 e. The highest BCUT2D eigenvalue weighted by atomic mass is 32.2. The number of nitrogens with zero attached hydrogens (tertiary/aromatic N) is 3. The fourth-order valence-corrected chi connectivity index (χ4v) is 5.41. The predicted octanol–water partition coefficient (Wildman–Crippen LogP) is 4.98. The number of hydrogen-bond donors (Lipinski definition) is 1. The number of benzene rings is 1. The smallest absolute Gasteiger partial charge is 0.348 e. The zero-order valence-corrected chi connectivity index (χ0v) is 23.4. The first kappa shape index (κ1) is 28.9. The first-order valence-electron chi connectivity index (χ1n) is 12.0. The molecule has 0 aliphatic heterocycles. The molecule has 202 valence electrons. The number of thiophene rings is 1. The molecule has 0 aliphatic rings. The maximum Gasteiger partial charge on any atom is 0.348 e. The van der Waals surface area contributed by atoms with Gasteiger partial charge in [0.1, 0.15) is 15.6 Å². The van der Waals surface area contributed by atoms with Gasteiger partial charge in [0.2, 0.25) is 5.91 Å². The first-order chi connectivity index (χ1) is 18.4. The van der Waals surface area contributed by atoms with Gasteiger partial charge in [0.05, 0.1) is 36.7 Å². The largest absolute Gasteiger partial charge is 0.493 e. The quantitative estimate of drug-likeness (QED) is 0.176.